The zero-order chi connectivity index (χ0) is 16.1. The van der Waals surface area contributed by atoms with Crippen LogP contribution in [0.3, 0.4) is 0 Å². The maximum Gasteiger partial charge on any atom is 0.311 e. The molecule has 1 aromatic rings. The number of esters is 1. The lowest BCUT2D eigenvalue weighted by atomic mass is 10.1. The number of ether oxygens (including phenoxy) is 1. The summed E-state index contributed by atoms with van der Waals surface area (Å²) in [6.45, 7) is 4.20. The Labute approximate surface area is 137 Å². The van der Waals surface area contributed by atoms with E-state index in [9.17, 15) is 14.4 Å². The molecule has 120 valence electrons. The van der Waals surface area contributed by atoms with Crippen molar-refractivity contribution in [3.63, 3.8) is 0 Å². The van der Waals surface area contributed by atoms with Crippen LogP contribution in [-0.4, -0.2) is 40.9 Å². The number of carbonyl (C=O) groups is 3. The van der Waals surface area contributed by atoms with Gasteiger partial charge in [-0.2, -0.15) is 0 Å². The van der Waals surface area contributed by atoms with Crippen molar-refractivity contribution in [3.05, 3.63) is 11.1 Å². The van der Waals surface area contributed by atoms with Crippen LogP contribution >= 0.6 is 23.1 Å². The molecule has 1 aliphatic rings. The molecule has 2 rings (SSSR count). The summed E-state index contributed by atoms with van der Waals surface area (Å²) in [5, 5.41) is 2.45. The lowest BCUT2D eigenvalue weighted by Gasteiger charge is -2.12. The number of aromatic nitrogens is 1. The van der Waals surface area contributed by atoms with E-state index >= 15 is 0 Å². The van der Waals surface area contributed by atoms with Gasteiger partial charge in [0.1, 0.15) is 0 Å². The van der Waals surface area contributed by atoms with Gasteiger partial charge in [0.15, 0.2) is 10.2 Å². The molecule has 6 nitrogen and oxygen atoms in total. The molecule has 0 saturated carbocycles. The van der Waals surface area contributed by atoms with E-state index in [0.717, 1.165) is 0 Å². The number of anilines is 1. The number of nitrogens with zero attached hydrogens (tertiary/aromatic N) is 2. The number of rotatable bonds is 6. The molecule has 0 aliphatic carbocycles. The third-order valence-corrected chi connectivity index (χ3v) is 5.09. The topological polar surface area (TPSA) is 76.6 Å². The minimum absolute atomic E-state index is 0.0196. The molecular weight excluding hydrogens is 324 g/mol. The first kappa shape index (κ1) is 17.0. The van der Waals surface area contributed by atoms with E-state index in [0.29, 0.717) is 36.2 Å². The highest BCUT2D eigenvalue weighted by Crippen LogP contribution is 2.29. The van der Waals surface area contributed by atoms with Crippen molar-refractivity contribution in [2.24, 2.45) is 5.92 Å². The highest BCUT2D eigenvalue weighted by molar-refractivity contribution is 8.13. The van der Waals surface area contributed by atoms with Crippen molar-refractivity contribution in [2.75, 3.05) is 23.8 Å². The van der Waals surface area contributed by atoms with Crippen LogP contribution in [0.4, 0.5) is 5.13 Å². The van der Waals surface area contributed by atoms with E-state index in [2.05, 4.69) is 4.98 Å². The zero-order valence-corrected chi connectivity index (χ0v) is 14.2. The predicted molar refractivity (Wildman–Crippen MR) is 86.1 cm³/mol. The van der Waals surface area contributed by atoms with Crippen LogP contribution in [0.25, 0.3) is 0 Å². The van der Waals surface area contributed by atoms with Gasteiger partial charge >= 0.3 is 5.97 Å². The van der Waals surface area contributed by atoms with Crippen molar-refractivity contribution in [1.82, 2.24) is 4.98 Å². The lowest BCUT2D eigenvalue weighted by molar-refractivity contribution is -0.142. The van der Waals surface area contributed by atoms with Gasteiger partial charge in [0.25, 0.3) is 0 Å². The smallest absolute Gasteiger partial charge is 0.311 e. The minimum atomic E-state index is -0.317. The second-order valence-corrected chi connectivity index (χ2v) is 7.01. The Balaban J connectivity index is 1.94. The maximum absolute atomic E-state index is 12.1. The first-order valence-electron chi connectivity index (χ1n) is 7.03. The number of carbonyl (C=O) groups excluding carboxylic acids is 3. The summed E-state index contributed by atoms with van der Waals surface area (Å²) < 4.78 is 4.88. The predicted octanol–water partition coefficient (Wildman–Crippen LogP) is 1.88. The third kappa shape index (κ3) is 4.54. The van der Waals surface area contributed by atoms with Gasteiger partial charge in [-0.25, -0.2) is 4.98 Å². The van der Waals surface area contributed by atoms with Crippen LogP contribution in [-0.2, 0) is 25.5 Å². The Morgan fingerprint density at radius 1 is 1.55 bits per heavy atom. The number of thiazole rings is 1. The molecule has 1 atom stereocenters. The zero-order valence-electron chi connectivity index (χ0n) is 12.5. The van der Waals surface area contributed by atoms with Crippen molar-refractivity contribution in [1.29, 1.82) is 0 Å². The normalized spacial score (nSPS) is 17.8. The first-order chi connectivity index (χ1) is 10.5. The van der Waals surface area contributed by atoms with E-state index in [1.54, 1.807) is 17.2 Å². The van der Waals surface area contributed by atoms with Crippen LogP contribution < -0.4 is 4.90 Å². The molecule has 0 bridgehead atoms. The Morgan fingerprint density at radius 3 is 3.00 bits per heavy atom. The van der Waals surface area contributed by atoms with Crippen LogP contribution in [0.2, 0.25) is 0 Å². The highest BCUT2D eigenvalue weighted by atomic mass is 32.2. The van der Waals surface area contributed by atoms with E-state index < -0.39 is 0 Å². The van der Waals surface area contributed by atoms with Gasteiger partial charge in [-0.05, 0) is 12.8 Å². The number of thioether (sulfide) groups is 1. The molecule has 0 radical (unpaired) electrons. The first-order valence-corrected chi connectivity index (χ1v) is 8.89. The Hall–Kier alpha value is -1.41. The van der Waals surface area contributed by atoms with Crippen molar-refractivity contribution in [2.45, 2.75) is 26.7 Å². The molecule has 22 heavy (non-hydrogen) atoms. The van der Waals surface area contributed by atoms with Gasteiger partial charge < -0.3 is 4.74 Å². The molecule has 8 heteroatoms. The van der Waals surface area contributed by atoms with Gasteiger partial charge in [-0.15, -0.1) is 11.3 Å². The van der Waals surface area contributed by atoms with E-state index in [-0.39, 0.29) is 29.3 Å². The van der Waals surface area contributed by atoms with E-state index in [4.69, 9.17) is 4.74 Å². The highest BCUT2D eigenvalue weighted by Gasteiger charge is 2.32. The number of hydrogen-bond donors (Lipinski definition) is 0. The van der Waals surface area contributed by atoms with Crippen molar-refractivity contribution in [3.8, 4) is 0 Å². The van der Waals surface area contributed by atoms with Crippen LogP contribution in [0.1, 0.15) is 26.0 Å². The fourth-order valence-electron chi connectivity index (χ4n) is 2.17. The fraction of sp³-hybridized carbons (Fsp3) is 0.571. The van der Waals surface area contributed by atoms with E-state index in [1.807, 2.05) is 0 Å². The molecule has 1 aromatic heterocycles. The van der Waals surface area contributed by atoms with Gasteiger partial charge in [0, 0.05) is 31.0 Å². The summed E-state index contributed by atoms with van der Waals surface area (Å²) in [5.41, 5.74) is 0.618. The third-order valence-electron chi connectivity index (χ3n) is 3.13. The standard InChI is InChI=1S/C14H18N2O4S2/c1-3-20-13(19)5-11-8-22-14(15-11)16-6-10(4-12(16)18)7-21-9(2)17/h8,10H,3-7H2,1-2H3. The molecular formula is C14H18N2O4S2. The van der Waals surface area contributed by atoms with E-state index in [1.165, 1.54) is 30.0 Å². The van der Waals surface area contributed by atoms with Crippen molar-refractivity contribution < 1.29 is 19.1 Å². The van der Waals surface area contributed by atoms with Gasteiger partial charge in [-0.3, -0.25) is 19.3 Å². The summed E-state index contributed by atoms with van der Waals surface area (Å²) in [4.78, 5) is 40.5. The van der Waals surface area contributed by atoms with Gasteiger partial charge in [-0.1, -0.05) is 11.8 Å². The summed E-state index contributed by atoms with van der Waals surface area (Å²) in [7, 11) is 0. The molecule has 1 unspecified atom stereocenters. The second-order valence-electron chi connectivity index (χ2n) is 4.98. The Morgan fingerprint density at radius 2 is 2.32 bits per heavy atom. The molecule has 1 amide bonds. The Kier molecular flexibility index (Phi) is 5.96. The molecule has 2 heterocycles. The van der Waals surface area contributed by atoms with Gasteiger partial charge in [0.2, 0.25) is 5.91 Å². The Bertz CT molecular complexity index is 573. The molecule has 0 N–H and O–H groups in total. The molecule has 0 spiro atoms. The minimum Gasteiger partial charge on any atom is -0.466 e. The summed E-state index contributed by atoms with van der Waals surface area (Å²) in [5.74, 6) is 0.520. The van der Waals surface area contributed by atoms with Crippen LogP contribution in [0.15, 0.2) is 5.38 Å². The fourth-order valence-corrected chi connectivity index (χ4v) is 3.72. The average Bonchev–Trinajstić information content (AvgIpc) is 3.03. The average molecular weight is 342 g/mol. The van der Waals surface area contributed by atoms with Crippen LogP contribution in [0, 0.1) is 5.92 Å². The summed E-state index contributed by atoms with van der Waals surface area (Å²) in [6.07, 6.45) is 0.559. The molecule has 1 aliphatic heterocycles. The largest absolute Gasteiger partial charge is 0.466 e. The lowest BCUT2D eigenvalue weighted by Crippen LogP contribution is -2.24. The maximum atomic E-state index is 12.1. The number of amides is 1. The second kappa shape index (κ2) is 7.73. The quantitative estimate of drug-likeness (QED) is 0.735. The van der Waals surface area contributed by atoms with Gasteiger partial charge in [0.05, 0.1) is 18.7 Å². The monoisotopic (exact) mass is 342 g/mol. The molecule has 1 fully saturated rings. The number of hydrogen-bond acceptors (Lipinski definition) is 7. The van der Waals surface area contributed by atoms with Crippen molar-refractivity contribution >= 4 is 45.2 Å². The summed E-state index contributed by atoms with van der Waals surface area (Å²) in [6, 6.07) is 0. The molecule has 1 saturated heterocycles. The SMILES string of the molecule is CCOC(=O)Cc1csc(N2CC(CSC(C)=O)CC2=O)n1. The molecule has 0 aromatic carbocycles. The van der Waals surface area contributed by atoms with Crippen LogP contribution in [0.5, 0.6) is 0 Å². The summed E-state index contributed by atoms with van der Waals surface area (Å²) >= 11 is 2.60.